The standard InChI is InChI=1S/C22H18N2OS/c23-22-24-19(17-9-5-2-6-10-17)21(26-22)20(25)18-13-11-16(12-14-18)15-7-3-1-4-8-15/h1-14,19,21H,(H2,23,24)/t19-,21+/m0/s1. The maximum absolute atomic E-state index is 13.1. The fraction of sp³-hybridized carbons (Fsp3) is 0.0909. The third kappa shape index (κ3) is 3.28. The van der Waals surface area contributed by atoms with E-state index < -0.39 is 0 Å². The summed E-state index contributed by atoms with van der Waals surface area (Å²) in [5, 5.41) is 0.151. The average molecular weight is 358 g/mol. The molecule has 4 rings (SSSR count). The number of nitrogens with zero attached hydrogens (tertiary/aromatic N) is 1. The maximum Gasteiger partial charge on any atom is 0.178 e. The van der Waals surface area contributed by atoms with Crippen molar-refractivity contribution in [1.82, 2.24) is 0 Å². The van der Waals surface area contributed by atoms with Crippen LogP contribution in [-0.2, 0) is 0 Å². The molecule has 26 heavy (non-hydrogen) atoms. The van der Waals surface area contributed by atoms with Crippen LogP contribution in [0.15, 0.2) is 89.9 Å². The molecule has 0 fully saturated rings. The molecule has 4 heteroatoms. The Morgan fingerprint density at radius 1 is 0.808 bits per heavy atom. The van der Waals surface area contributed by atoms with Crippen LogP contribution in [0, 0.1) is 0 Å². The molecule has 0 saturated carbocycles. The van der Waals surface area contributed by atoms with Crippen LogP contribution in [0.25, 0.3) is 11.1 Å². The lowest BCUT2D eigenvalue weighted by Gasteiger charge is -2.16. The molecule has 3 aromatic rings. The minimum atomic E-state index is -0.319. The lowest BCUT2D eigenvalue weighted by molar-refractivity contribution is 0.0983. The molecule has 1 heterocycles. The van der Waals surface area contributed by atoms with Gasteiger partial charge in [0, 0.05) is 5.56 Å². The van der Waals surface area contributed by atoms with E-state index in [2.05, 4.69) is 17.1 Å². The van der Waals surface area contributed by atoms with E-state index in [1.807, 2.05) is 72.8 Å². The molecule has 0 aliphatic carbocycles. The van der Waals surface area contributed by atoms with Gasteiger partial charge in [-0.3, -0.25) is 9.79 Å². The number of carbonyl (C=O) groups is 1. The number of rotatable bonds is 4. The Bertz CT molecular complexity index is 937. The summed E-state index contributed by atoms with van der Waals surface area (Å²) in [6, 6.07) is 27.5. The van der Waals surface area contributed by atoms with Crippen LogP contribution in [0.3, 0.4) is 0 Å². The van der Waals surface area contributed by atoms with Gasteiger partial charge in [0.1, 0.15) is 5.25 Å². The number of hydrogen-bond donors (Lipinski definition) is 1. The topological polar surface area (TPSA) is 55.4 Å². The molecule has 0 bridgehead atoms. The molecular formula is C22H18N2OS. The first-order valence-corrected chi connectivity index (χ1v) is 9.35. The Kier molecular flexibility index (Phi) is 4.59. The largest absolute Gasteiger partial charge is 0.378 e. The van der Waals surface area contributed by atoms with Crippen LogP contribution in [0.1, 0.15) is 22.0 Å². The summed E-state index contributed by atoms with van der Waals surface area (Å²) in [5.41, 5.74) is 9.86. The van der Waals surface area contributed by atoms with Gasteiger partial charge in [0.25, 0.3) is 0 Å². The quantitative estimate of drug-likeness (QED) is 0.687. The smallest absolute Gasteiger partial charge is 0.178 e. The zero-order valence-corrected chi connectivity index (χ0v) is 14.9. The summed E-state index contributed by atoms with van der Waals surface area (Å²) in [7, 11) is 0. The SMILES string of the molecule is NC1=N[C@@H](c2ccccc2)[C@H](C(=O)c2ccc(-c3ccccc3)cc2)S1. The first kappa shape index (κ1) is 16.6. The number of Topliss-reactive ketones (excluding diaryl/α,β-unsaturated/α-hetero) is 1. The van der Waals surface area contributed by atoms with Crippen molar-refractivity contribution in [2.45, 2.75) is 11.3 Å². The van der Waals surface area contributed by atoms with Gasteiger partial charge in [-0.05, 0) is 16.7 Å². The molecule has 2 atom stereocenters. The molecule has 0 saturated heterocycles. The van der Waals surface area contributed by atoms with Crippen LogP contribution in [0.4, 0.5) is 0 Å². The Morgan fingerprint density at radius 2 is 1.38 bits per heavy atom. The normalized spacial score (nSPS) is 19.2. The molecule has 1 aliphatic rings. The Hall–Kier alpha value is -2.85. The van der Waals surface area contributed by atoms with Gasteiger partial charge < -0.3 is 5.73 Å². The monoisotopic (exact) mass is 358 g/mol. The third-order valence-corrected chi connectivity index (χ3v) is 5.55. The zero-order valence-electron chi connectivity index (χ0n) is 14.1. The van der Waals surface area contributed by atoms with Gasteiger partial charge in [-0.2, -0.15) is 0 Å². The van der Waals surface area contributed by atoms with Crippen LogP contribution in [-0.4, -0.2) is 16.2 Å². The van der Waals surface area contributed by atoms with E-state index in [0.29, 0.717) is 10.7 Å². The number of nitrogens with two attached hydrogens (primary N) is 1. The molecule has 3 nitrogen and oxygen atoms in total. The number of hydrogen-bond acceptors (Lipinski definition) is 4. The maximum atomic E-state index is 13.1. The number of benzene rings is 3. The Morgan fingerprint density at radius 3 is 2.04 bits per heavy atom. The molecule has 2 N–H and O–H groups in total. The van der Waals surface area contributed by atoms with Crippen LogP contribution in [0.5, 0.6) is 0 Å². The summed E-state index contributed by atoms with van der Waals surface area (Å²) < 4.78 is 0. The van der Waals surface area contributed by atoms with E-state index in [4.69, 9.17) is 5.73 Å². The first-order chi connectivity index (χ1) is 12.7. The molecule has 0 spiro atoms. The molecule has 0 unspecified atom stereocenters. The summed E-state index contributed by atoms with van der Waals surface area (Å²) in [5.74, 6) is 0.0627. The van der Waals surface area contributed by atoms with Crippen LogP contribution >= 0.6 is 11.8 Å². The van der Waals surface area contributed by atoms with Gasteiger partial charge in [0.05, 0.1) is 6.04 Å². The second-order valence-electron chi connectivity index (χ2n) is 6.17. The van der Waals surface area contributed by atoms with Gasteiger partial charge in [-0.25, -0.2) is 0 Å². The number of amidine groups is 1. The summed E-state index contributed by atoms with van der Waals surface area (Å²) in [4.78, 5) is 17.6. The average Bonchev–Trinajstić information content (AvgIpc) is 3.11. The predicted molar refractivity (Wildman–Crippen MR) is 108 cm³/mol. The minimum Gasteiger partial charge on any atom is -0.378 e. The third-order valence-electron chi connectivity index (χ3n) is 4.48. The number of aliphatic imine (C=N–C) groups is 1. The van der Waals surface area contributed by atoms with Crippen molar-refractivity contribution in [1.29, 1.82) is 0 Å². The molecule has 0 amide bonds. The van der Waals surface area contributed by atoms with Crippen LogP contribution in [0.2, 0.25) is 0 Å². The van der Waals surface area contributed by atoms with Crippen molar-refractivity contribution in [2.75, 3.05) is 0 Å². The molecule has 0 aromatic heterocycles. The second kappa shape index (κ2) is 7.18. The highest BCUT2D eigenvalue weighted by Gasteiger charge is 2.36. The van der Waals surface area contributed by atoms with Crippen molar-refractivity contribution in [2.24, 2.45) is 10.7 Å². The van der Waals surface area contributed by atoms with Gasteiger partial charge in [-0.15, -0.1) is 0 Å². The fourth-order valence-corrected chi connectivity index (χ4v) is 4.17. The van der Waals surface area contributed by atoms with Gasteiger partial charge in [0.15, 0.2) is 11.0 Å². The zero-order chi connectivity index (χ0) is 17.9. The summed E-state index contributed by atoms with van der Waals surface area (Å²) in [6.45, 7) is 0. The number of thioether (sulfide) groups is 1. The molecule has 1 aliphatic heterocycles. The van der Waals surface area contributed by atoms with Crippen molar-refractivity contribution >= 4 is 22.7 Å². The van der Waals surface area contributed by atoms with Gasteiger partial charge in [-0.1, -0.05) is 96.7 Å². The second-order valence-corrected chi connectivity index (χ2v) is 7.33. The van der Waals surface area contributed by atoms with E-state index in [-0.39, 0.29) is 17.1 Å². The van der Waals surface area contributed by atoms with E-state index in [9.17, 15) is 4.79 Å². The lowest BCUT2D eigenvalue weighted by Crippen LogP contribution is -2.22. The van der Waals surface area contributed by atoms with Crippen molar-refractivity contribution < 1.29 is 4.79 Å². The van der Waals surface area contributed by atoms with Crippen molar-refractivity contribution in [3.63, 3.8) is 0 Å². The van der Waals surface area contributed by atoms with E-state index >= 15 is 0 Å². The Balaban J connectivity index is 1.59. The fourth-order valence-electron chi connectivity index (χ4n) is 3.15. The van der Waals surface area contributed by atoms with Gasteiger partial charge in [0.2, 0.25) is 0 Å². The Labute approximate surface area is 157 Å². The van der Waals surface area contributed by atoms with E-state index in [0.717, 1.165) is 16.7 Å². The molecule has 0 radical (unpaired) electrons. The van der Waals surface area contributed by atoms with Crippen molar-refractivity contribution in [3.05, 3.63) is 96.1 Å². The minimum absolute atomic E-state index is 0.0627. The highest BCUT2D eigenvalue weighted by atomic mass is 32.2. The highest BCUT2D eigenvalue weighted by Crippen LogP contribution is 2.38. The van der Waals surface area contributed by atoms with Gasteiger partial charge >= 0.3 is 0 Å². The molecular weight excluding hydrogens is 340 g/mol. The predicted octanol–water partition coefficient (Wildman–Crippen LogP) is 4.71. The number of ketones is 1. The summed E-state index contributed by atoms with van der Waals surface area (Å²) >= 11 is 1.35. The first-order valence-electron chi connectivity index (χ1n) is 8.47. The van der Waals surface area contributed by atoms with Crippen molar-refractivity contribution in [3.8, 4) is 11.1 Å². The summed E-state index contributed by atoms with van der Waals surface area (Å²) in [6.07, 6.45) is 0. The lowest BCUT2D eigenvalue weighted by atomic mass is 9.96. The highest BCUT2D eigenvalue weighted by molar-refractivity contribution is 8.15. The van der Waals surface area contributed by atoms with E-state index in [1.54, 1.807) is 0 Å². The van der Waals surface area contributed by atoms with E-state index in [1.165, 1.54) is 11.8 Å². The molecule has 3 aromatic carbocycles. The number of carbonyl (C=O) groups excluding carboxylic acids is 1. The molecule has 128 valence electrons. The van der Waals surface area contributed by atoms with Crippen LogP contribution < -0.4 is 5.73 Å².